The van der Waals surface area contributed by atoms with E-state index in [0.717, 1.165) is 16.2 Å². The molecule has 30 heavy (non-hydrogen) atoms. The Morgan fingerprint density at radius 3 is 2.13 bits per heavy atom. The molecule has 0 bridgehead atoms. The van der Waals surface area contributed by atoms with Crippen LogP contribution < -0.4 is 0 Å². The van der Waals surface area contributed by atoms with Crippen LogP contribution in [0.3, 0.4) is 0 Å². The van der Waals surface area contributed by atoms with Crippen molar-refractivity contribution in [1.29, 1.82) is 0 Å². The highest BCUT2D eigenvalue weighted by atomic mass is 32.2. The lowest BCUT2D eigenvalue weighted by Crippen LogP contribution is -2.20. The quantitative estimate of drug-likeness (QED) is 0.287. The van der Waals surface area contributed by atoms with Crippen molar-refractivity contribution in [2.75, 3.05) is 0 Å². The van der Waals surface area contributed by atoms with Crippen LogP contribution >= 0.6 is 11.8 Å². The molecule has 2 rings (SSSR count). The molecule has 0 amide bonds. The maximum absolute atomic E-state index is 11.0. The molecule has 0 heterocycles. The van der Waals surface area contributed by atoms with E-state index < -0.39 is 0 Å². The Balaban J connectivity index is 2.42. The van der Waals surface area contributed by atoms with Crippen LogP contribution in [0.2, 0.25) is 0 Å². The predicted molar refractivity (Wildman–Crippen MR) is 132 cm³/mol. The van der Waals surface area contributed by atoms with Gasteiger partial charge in [0.05, 0.1) is 5.69 Å². The van der Waals surface area contributed by atoms with Gasteiger partial charge in [-0.1, -0.05) is 103 Å². The van der Waals surface area contributed by atoms with Crippen molar-refractivity contribution in [3.8, 4) is 0 Å². The van der Waals surface area contributed by atoms with E-state index in [-0.39, 0.29) is 16.7 Å². The molecule has 1 unspecified atom stereocenters. The first-order valence-electron chi connectivity index (χ1n) is 10.5. The summed E-state index contributed by atoms with van der Waals surface area (Å²) in [6.07, 6.45) is 5.91. The van der Waals surface area contributed by atoms with Crippen LogP contribution in [0, 0.1) is 16.7 Å². The standard InChI is InChI=1S/C27H35NOS/c1-20(27(5,6)7)25(29)21(17-18-26(2,3)4)19-28-23-15-11-12-16-24(23)30-22-13-9-8-10-14-22/h8-20,29H,1-7H3/b18-17+,25-21-,28-19+. The van der Waals surface area contributed by atoms with Crippen LogP contribution in [-0.2, 0) is 0 Å². The van der Waals surface area contributed by atoms with Gasteiger partial charge in [-0.25, -0.2) is 0 Å². The zero-order chi connectivity index (χ0) is 22.4. The second-order valence-electron chi connectivity index (χ2n) is 9.77. The van der Waals surface area contributed by atoms with Crippen LogP contribution in [0.5, 0.6) is 0 Å². The highest BCUT2D eigenvalue weighted by molar-refractivity contribution is 7.99. The minimum Gasteiger partial charge on any atom is -0.511 e. The fraction of sp³-hybridized carbons (Fsp3) is 0.370. The van der Waals surface area contributed by atoms with Crippen LogP contribution in [0.15, 0.2) is 92.9 Å². The van der Waals surface area contributed by atoms with Crippen molar-refractivity contribution >= 4 is 23.7 Å². The number of allylic oxidation sites excluding steroid dienone is 4. The SMILES string of the molecule is CC(/C(O)=C(\C=C\C(C)(C)C)/C=N/c1ccccc1Sc1ccccc1)C(C)(C)C. The lowest BCUT2D eigenvalue weighted by molar-refractivity contribution is 0.216. The summed E-state index contributed by atoms with van der Waals surface area (Å²) in [6.45, 7) is 14.9. The Bertz CT molecular complexity index is 912. The summed E-state index contributed by atoms with van der Waals surface area (Å²) < 4.78 is 0. The smallest absolute Gasteiger partial charge is 0.104 e. The molecule has 0 aromatic heterocycles. The first-order valence-corrected chi connectivity index (χ1v) is 11.3. The van der Waals surface area contributed by atoms with Crippen LogP contribution in [0.4, 0.5) is 5.69 Å². The molecule has 0 radical (unpaired) electrons. The van der Waals surface area contributed by atoms with Gasteiger partial charge in [0.25, 0.3) is 0 Å². The van der Waals surface area contributed by atoms with Gasteiger partial charge in [-0.2, -0.15) is 0 Å². The van der Waals surface area contributed by atoms with E-state index in [2.05, 4.69) is 72.7 Å². The molecule has 1 N–H and O–H groups in total. The molecule has 2 aromatic rings. The van der Waals surface area contributed by atoms with Gasteiger partial charge in [0.15, 0.2) is 0 Å². The van der Waals surface area contributed by atoms with Crippen molar-refractivity contribution in [1.82, 2.24) is 0 Å². The third-order valence-electron chi connectivity index (χ3n) is 4.95. The summed E-state index contributed by atoms with van der Waals surface area (Å²) in [5, 5.41) is 11.0. The van der Waals surface area contributed by atoms with Crippen molar-refractivity contribution in [3.63, 3.8) is 0 Å². The van der Waals surface area contributed by atoms with E-state index in [0.29, 0.717) is 5.76 Å². The van der Waals surface area contributed by atoms with E-state index in [1.54, 1.807) is 18.0 Å². The van der Waals surface area contributed by atoms with Gasteiger partial charge in [0, 0.05) is 27.5 Å². The molecule has 0 aliphatic rings. The third-order valence-corrected chi connectivity index (χ3v) is 6.02. The highest BCUT2D eigenvalue weighted by Gasteiger charge is 2.25. The number of hydrogen-bond donors (Lipinski definition) is 1. The Hall–Kier alpha value is -2.26. The summed E-state index contributed by atoms with van der Waals surface area (Å²) in [5.74, 6) is 0.387. The number of benzene rings is 2. The molecular formula is C27H35NOS. The number of aliphatic hydroxyl groups is 1. The lowest BCUT2D eigenvalue weighted by atomic mass is 9.79. The molecule has 0 saturated carbocycles. The largest absolute Gasteiger partial charge is 0.511 e. The van der Waals surface area contributed by atoms with Gasteiger partial charge in [-0.15, -0.1) is 0 Å². The van der Waals surface area contributed by atoms with E-state index in [1.807, 2.05) is 42.5 Å². The average Bonchev–Trinajstić information content (AvgIpc) is 2.67. The second kappa shape index (κ2) is 10.2. The molecule has 3 heteroatoms. The molecule has 0 fully saturated rings. The summed E-state index contributed by atoms with van der Waals surface area (Å²) in [4.78, 5) is 7.03. The van der Waals surface area contributed by atoms with E-state index in [4.69, 9.17) is 4.99 Å². The summed E-state index contributed by atoms with van der Waals surface area (Å²) in [6, 6.07) is 18.4. The number of rotatable bonds is 6. The van der Waals surface area contributed by atoms with Gasteiger partial charge in [-0.3, -0.25) is 4.99 Å². The molecule has 0 spiro atoms. The number of aliphatic hydroxyl groups excluding tert-OH is 1. The Morgan fingerprint density at radius 1 is 0.933 bits per heavy atom. The van der Waals surface area contributed by atoms with Gasteiger partial charge in [-0.05, 0) is 35.1 Å². The minimum absolute atomic E-state index is 0.0116. The average molecular weight is 422 g/mol. The maximum atomic E-state index is 11.0. The number of para-hydroxylation sites is 1. The van der Waals surface area contributed by atoms with Crippen LogP contribution in [0.25, 0.3) is 0 Å². The monoisotopic (exact) mass is 421 g/mol. The van der Waals surface area contributed by atoms with Crippen molar-refractivity contribution < 1.29 is 5.11 Å². The van der Waals surface area contributed by atoms with Gasteiger partial charge < -0.3 is 5.11 Å². The first-order chi connectivity index (χ1) is 14.0. The molecule has 160 valence electrons. The number of nitrogens with zero attached hydrogens (tertiary/aromatic N) is 1. The highest BCUT2D eigenvalue weighted by Crippen LogP contribution is 2.35. The Morgan fingerprint density at radius 2 is 1.53 bits per heavy atom. The van der Waals surface area contributed by atoms with E-state index in [9.17, 15) is 5.11 Å². The second-order valence-corrected chi connectivity index (χ2v) is 10.9. The van der Waals surface area contributed by atoms with Crippen molar-refractivity contribution in [2.24, 2.45) is 21.7 Å². The summed E-state index contributed by atoms with van der Waals surface area (Å²) >= 11 is 1.69. The first kappa shape index (κ1) is 24.0. The summed E-state index contributed by atoms with van der Waals surface area (Å²) in [5.41, 5.74) is 1.63. The molecular weight excluding hydrogens is 386 g/mol. The Kier molecular flexibility index (Phi) is 8.14. The minimum atomic E-state index is -0.0419. The Labute approximate surface area is 186 Å². The number of hydrogen-bond acceptors (Lipinski definition) is 3. The molecule has 1 atom stereocenters. The molecule has 2 nitrogen and oxygen atoms in total. The molecule has 0 aliphatic heterocycles. The van der Waals surface area contributed by atoms with Gasteiger partial charge >= 0.3 is 0 Å². The van der Waals surface area contributed by atoms with Crippen molar-refractivity contribution in [3.05, 3.63) is 78.1 Å². The van der Waals surface area contributed by atoms with E-state index >= 15 is 0 Å². The van der Waals surface area contributed by atoms with Crippen LogP contribution in [-0.4, -0.2) is 11.3 Å². The molecule has 0 aliphatic carbocycles. The van der Waals surface area contributed by atoms with Crippen LogP contribution in [0.1, 0.15) is 48.5 Å². The topological polar surface area (TPSA) is 32.6 Å². The van der Waals surface area contributed by atoms with E-state index in [1.165, 1.54) is 4.90 Å². The number of aliphatic imine (C=N–C) groups is 1. The van der Waals surface area contributed by atoms with Gasteiger partial charge in [0.1, 0.15) is 5.76 Å². The van der Waals surface area contributed by atoms with Gasteiger partial charge in [0.2, 0.25) is 0 Å². The fourth-order valence-electron chi connectivity index (χ4n) is 2.60. The molecule has 2 aromatic carbocycles. The molecule has 0 saturated heterocycles. The lowest BCUT2D eigenvalue weighted by Gasteiger charge is -2.27. The van der Waals surface area contributed by atoms with Crippen molar-refractivity contribution in [2.45, 2.75) is 58.3 Å². The third kappa shape index (κ3) is 7.53. The normalized spacial score (nSPS) is 14.9. The zero-order valence-electron chi connectivity index (χ0n) is 19.3. The maximum Gasteiger partial charge on any atom is 0.104 e. The summed E-state index contributed by atoms with van der Waals surface area (Å²) in [7, 11) is 0. The predicted octanol–water partition coefficient (Wildman–Crippen LogP) is 8.64. The fourth-order valence-corrected chi connectivity index (χ4v) is 3.52. The zero-order valence-corrected chi connectivity index (χ0v) is 20.1.